The van der Waals surface area contributed by atoms with Crippen LogP contribution in [0.2, 0.25) is 0 Å². The van der Waals surface area contributed by atoms with E-state index in [0.29, 0.717) is 18.4 Å². The van der Waals surface area contributed by atoms with Gasteiger partial charge >= 0.3 is 11.9 Å². The molecular weight excluding hydrogens is 502 g/mol. The number of phenolic OH excluding ortho intramolecular Hbond substituents is 1. The Morgan fingerprint density at radius 3 is 2.21 bits per heavy atom. The fourth-order valence-corrected chi connectivity index (χ4v) is 4.08. The van der Waals surface area contributed by atoms with Crippen molar-refractivity contribution < 1.29 is 44.1 Å². The normalized spacial score (nSPS) is 17.2. The first-order valence-electron chi connectivity index (χ1n) is 12.1. The lowest BCUT2D eigenvalue weighted by molar-refractivity contribution is -0.144. The van der Waals surface area contributed by atoms with E-state index >= 15 is 0 Å². The van der Waals surface area contributed by atoms with E-state index in [1.807, 2.05) is 0 Å². The highest BCUT2D eigenvalue weighted by atomic mass is 16.4. The number of likely N-dealkylation sites (tertiary alicyclic amines) is 1. The Balaban J connectivity index is 2.19. The van der Waals surface area contributed by atoms with E-state index in [1.165, 1.54) is 29.2 Å². The van der Waals surface area contributed by atoms with E-state index in [9.17, 15) is 39.0 Å². The zero-order chi connectivity index (χ0) is 28.4. The Morgan fingerprint density at radius 2 is 1.63 bits per heavy atom. The van der Waals surface area contributed by atoms with Gasteiger partial charge in [-0.05, 0) is 43.4 Å². The van der Waals surface area contributed by atoms with Crippen molar-refractivity contribution in [3.05, 3.63) is 29.8 Å². The van der Waals surface area contributed by atoms with Crippen molar-refractivity contribution >= 4 is 35.6 Å². The second-order valence-electron chi connectivity index (χ2n) is 9.06. The molecule has 208 valence electrons. The Morgan fingerprint density at radius 1 is 0.974 bits per heavy atom. The molecule has 38 heavy (non-hydrogen) atoms. The molecule has 1 aromatic rings. The summed E-state index contributed by atoms with van der Waals surface area (Å²) in [6.45, 7) is 0.242. The molecule has 1 heterocycles. The maximum absolute atomic E-state index is 13.2. The van der Waals surface area contributed by atoms with Crippen LogP contribution in [-0.4, -0.2) is 86.5 Å². The van der Waals surface area contributed by atoms with Crippen LogP contribution in [0.3, 0.4) is 0 Å². The quantitative estimate of drug-likeness (QED) is 0.144. The molecule has 0 radical (unpaired) electrons. The van der Waals surface area contributed by atoms with Gasteiger partial charge in [-0.2, -0.15) is 0 Å². The molecule has 14 nitrogen and oxygen atoms in total. The molecule has 0 bridgehead atoms. The van der Waals surface area contributed by atoms with Crippen LogP contribution in [-0.2, 0) is 35.2 Å². The van der Waals surface area contributed by atoms with Gasteiger partial charge in [0.1, 0.15) is 23.9 Å². The van der Waals surface area contributed by atoms with Crippen LogP contribution in [0.4, 0.5) is 0 Å². The summed E-state index contributed by atoms with van der Waals surface area (Å²) in [5.74, 6) is -5.37. The van der Waals surface area contributed by atoms with Gasteiger partial charge in [0.2, 0.25) is 23.6 Å². The third-order valence-corrected chi connectivity index (χ3v) is 6.13. The van der Waals surface area contributed by atoms with E-state index in [4.69, 9.17) is 16.6 Å². The van der Waals surface area contributed by atoms with Crippen molar-refractivity contribution in [2.24, 2.45) is 11.5 Å². The van der Waals surface area contributed by atoms with Crippen LogP contribution >= 0.6 is 0 Å². The van der Waals surface area contributed by atoms with Gasteiger partial charge in [-0.1, -0.05) is 12.1 Å². The maximum atomic E-state index is 13.2. The number of primary amides is 1. The van der Waals surface area contributed by atoms with Crippen molar-refractivity contribution in [2.45, 2.75) is 69.1 Å². The highest BCUT2D eigenvalue weighted by Crippen LogP contribution is 2.20. The molecule has 14 heteroatoms. The average Bonchev–Trinajstić information content (AvgIpc) is 3.35. The molecule has 9 N–H and O–H groups in total. The number of hydrogen-bond donors (Lipinski definition) is 7. The number of nitrogens with one attached hydrogen (secondary N) is 2. The van der Waals surface area contributed by atoms with Gasteiger partial charge in [-0.25, -0.2) is 4.79 Å². The Kier molecular flexibility index (Phi) is 11.0. The Bertz CT molecular complexity index is 1050. The molecule has 1 aliphatic heterocycles. The fraction of sp³-hybridized carbons (Fsp3) is 0.500. The van der Waals surface area contributed by atoms with E-state index < -0.39 is 66.2 Å². The minimum Gasteiger partial charge on any atom is -0.508 e. The van der Waals surface area contributed by atoms with Crippen LogP contribution in [0, 0.1) is 0 Å². The first-order chi connectivity index (χ1) is 17.9. The van der Waals surface area contributed by atoms with Crippen molar-refractivity contribution in [2.75, 3.05) is 6.54 Å². The van der Waals surface area contributed by atoms with Crippen molar-refractivity contribution in [3.63, 3.8) is 0 Å². The number of aromatic hydroxyl groups is 1. The van der Waals surface area contributed by atoms with Crippen LogP contribution < -0.4 is 22.1 Å². The monoisotopic (exact) mass is 535 g/mol. The number of hydrogen-bond acceptors (Lipinski definition) is 8. The summed E-state index contributed by atoms with van der Waals surface area (Å²) >= 11 is 0. The molecule has 0 spiro atoms. The number of nitrogens with zero attached hydrogens (tertiary/aromatic N) is 1. The Labute approximate surface area is 218 Å². The van der Waals surface area contributed by atoms with Crippen molar-refractivity contribution in [3.8, 4) is 5.75 Å². The molecule has 4 amide bonds. The number of carboxylic acid groups (broad SMARTS) is 2. The number of nitrogens with two attached hydrogens (primary N) is 2. The summed E-state index contributed by atoms with van der Waals surface area (Å²) in [5, 5.41) is 32.7. The first-order valence-corrected chi connectivity index (χ1v) is 12.1. The van der Waals surface area contributed by atoms with Gasteiger partial charge in [0.25, 0.3) is 0 Å². The predicted molar refractivity (Wildman–Crippen MR) is 131 cm³/mol. The second kappa shape index (κ2) is 13.9. The predicted octanol–water partition coefficient (Wildman–Crippen LogP) is -1.56. The van der Waals surface area contributed by atoms with Crippen LogP contribution in [0.25, 0.3) is 0 Å². The molecule has 4 atom stereocenters. The van der Waals surface area contributed by atoms with E-state index in [0.717, 1.165) is 0 Å². The topological polar surface area (TPSA) is 242 Å². The van der Waals surface area contributed by atoms with Gasteiger partial charge < -0.3 is 42.3 Å². The van der Waals surface area contributed by atoms with Gasteiger partial charge in [-0.3, -0.25) is 24.0 Å². The Hall–Kier alpha value is -4.20. The summed E-state index contributed by atoms with van der Waals surface area (Å²) in [4.78, 5) is 73.8. The first kappa shape index (κ1) is 30.0. The lowest BCUT2D eigenvalue weighted by atomic mass is 10.0. The molecule has 0 aromatic heterocycles. The third kappa shape index (κ3) is 9.03. The average molecular weight is 536 g/mol. The van der Waals surface area contributed by atoms with Gasteiger partial charge in [0.05, 0.1) is 6.04 Å². The molecule has 4 unspecified atom stereocenters. The summed E-state index contributed by atoms with van der Waals surface area (Å²) < 4.78 is 0. The smallest absolute Gasteiger partial charge is 0.326 e. The number of carboxylic acids is 2. The minimum atomic E-state index is -1.51. The number of aliphatic carboxylic acids is 2. The van der Waals surface area contributed by atoms with Crippen LogP contribution in [0.1, 0.15) is 44.1 Å². The SMILES string of the molecule is NC(=O)CCC(N)C(=O)N1CCCC1C(=O)NC(Cc1ccc(O)cc1)C(=O)NC(CCC(=O)O)C(=O)O. The number of rotatable bonds is 14. The number of benzene rings is 1. The summed E-state index contributed by atoms with van der Waals surface area (Å²) in [5.41, 5.74) is 11.5. The third-order valence-electron chi connectivity index (χ3n) is 6.13. The maximum Gasteiger partial charge on any atom is 0.326 e. The van der Waals surface area contributed by atoms with Crippen LogP contribution in [0.5, 0.6) is 5.75 Å². The molecular formula is C24H33N5O9. The number of carbonyl (C=O) groups excluding carboxylic acids is 4. The number of carbonyl (C=O) groups is 6. The minimum absolute atomic E-state index is 0.0117. The highest BCUT2D eigenvalue weighted by Gasteiger charge is 2.38. The molecule has 0 aliphatic carbocycles. The number of phenols is 1. The van der Waals surface area contributed by atoms with Crippen molar-refractivity contribution in [1.82, 2.24) is 15.5 Å². The molecule has 1 aliphatic rings. The van der Waals surface area contributed by atoms with Gasteiger partial charge in [-0.15, -0.1) is 0 Å². The van der Waals surface area contributed by atoms with E-state index in [1.54, 1.807) is 0 Å². The zero-order valence-corrected chi connectivity index (χ0v) is 20.7. The number of amides is 4. The fourth-order valence-electron chi connectivity index (χ4n) is 4.08. The molecule has 1 aromatic carbocycles. The molecule has 1 saturated heterocycles. The van der Waals surface area contributed by atoms with Crippen molar-refractivity contribution in [1.29, 1.82) is 0 Å². The summed E-state index contributed by atoms with van der Waals surface area (Å²) in [7, 11) is 0. The highest BCUT2D eigenvalue weighted by molar-refractivity contribution is 5.94. The molecule has 2 rings (SSSR count). The standard InChI is InChI=1S/C24H33N5O9/c25-15(7-9-19(26)31)23(36)29-11-1-2-18(29)22(35)28-17(12-13-3-5-14(30)6-4-13)21(34)27-16(24(37)38)8-10-20(32)33/h3-6,15-18,30H,1-2,7-12,25H2,(H2,26,31)(H,27,34)(H,28,35)(H,32,33)(H,37,38). The second-order valence-corrected chi connectivity index (χ2v) is 9.06. The van der Waals surface area contributed by atoms with E-state index in [-0.39, 0.29) is 38.0 Å². The molecule has 1 fully saturated rings. The summed E-state index contributed by atoms with van der Waals surface area (Å²) in [6, 6.07) is 1.02. The van der Waals surface area contributed by atoms with Gasteiger partial charge in [0.15, 0.2) is 0 Å². The lowest BCUT2D eigenvalue weighted by Crippen LogP contribution is -2.57. The zero-order valence-electron chi connectivity index (χ0n) is 20.7. The summed E-state index contributed by atoms with van der Waals surface area (Å²) in [6.07, 6.45) is -0.244. The van der Waals surface area contributed by atoms with Gasteiger partial charge in [0, 0.05) is 25.8 Å². The van der Waals surface area contributed by atoms with Crippen LogP contribution in [0.15, 0.2) is 24.3 Å². The van der Waals surface area contributed by atoms with E-state index in [2.05, 4.69) is 10.6 Å². The largest absolute Gasteiger partial charge is 0.508 e. The molecule has 0 saturated carbocycles. The lowest BCUT2D eigenvalue weighted by Gasteiger charge is -2.28.